The molecule has 0 saturated carbocycles. The number of pyridine rings is 1. The lowest BCUT2D eigenvalue weighted by Gasteiger charge is -2.25. The van der Waals surface area contributed by atoms with Gasteiger partial charge < -0.3 is 11.1 Å². The summed E-state index contributed by atoms with van der Waals surface area (Å²) in [4.78, 5) is 4.75. The van der Waals surface area contributed by atoms with Crippen LogP contribution in [0.3, 0.4) is 0 Å². The summed E-state index contributed by atoms with van der Waals surface area (Å²) in [6, 6.07) is 3.41. The van der Waals surface area contributed by atoms with Gasteiger partial charge in [0.1, 0.15) is 0 Å². The number of nitrogens with two attached hydrogens (primary N) is 1. The van der Waals surface area contributed by atoms with E-state index in [9.17, 15) is 8.42 Å². The summed E-state index contributed by atoms with van der Waals surface area (Å²) in [5.74, 6) is 0.158. The molecule has 1 aliphatic heterocycles. The Morgan fingerprint density at radius 3 is 2.67 bits per heavy atom. The third-order valence-corrected chi connectivity index (χ3v) is 5.38. The molecule has 6 heteroatoms. The normalized spacial score (nSPS) is 16.9. The van der Waals surface area contributed by atoms with Crippen LogP contribution in [0.25, 0.3) is 10.9 Å². The molecule has 1 aromatic carbocycles. The summed E-state index contributed by atoms with van der Waals surface area (Å²) in [7, 11) is -3.17. The second kappa shape index (κ2) is 4.34. The average molecular weight is 305 g/mol. The van der Waals surface area contributed by atoms with Crippen LogP contribution in [0.15, 0.2) is 23.2 Å². The van der Waals surface area contributed by atoms with E-state index in [1.807, 2.05) is 20.8 Å². The van der Waals surface area contributed by atoms with Gasteiger partial charge in [-0.3, -0.25) is 4.98 Å². The topological polar surface area (TPSA) is 85.1 Å². The molecule has 1 aromatic heterocycles. The van der Waals surface area contributed by atoms with E-state index in [-0.39, 0.29) is 11.3 Å². The van der Waals surface area contributed by atoms with Gasteiger partial charge in [0, 0.05) is 10.9 Å². The number of anilines is 2. The van der Waals surface area contributed by atoms with Gasteiger partial charge in [-0.2, -0.15) is 0 Å². The molecule has 0 unspecified atom stereocenters. The van der Waals surface area contributed by atoms with E-state index in [1.54, 1.807) is 18.3 Å². The number of aryl methyl sites for hydroxylation is 1. The Bertz CT molecular complexity index is 836. The van der Waals surface area contributed by atoms with E-state index in [4.69, 9.17) is 5.73 Å². The van der Waals surface area contributed by atoms with Crippen LogP contribution in [0.4, 0.5) is 11.4 Å². The zero-order valence-corrected chi connectivity index (χ0v) is 13.2. The monoisotopic (exact) mass is 305 g/mol. The molecule has 3 N–H and O–H groups in total. The van der Waals surface area contributed by atoms with Gasteiger partial charge in [0.15, 0.2) is 9.84 Å². The molecular weight excluding hydrogens is 286 g/mol. The summed E-state index contributed by atoms with van der Waals surface area (Å²) < 4.78 is 24.2. The molecule has 0 fully saturated rings. The Morgan fingerprint density at radius 1 is 1.29 bits per heavy atom. The Kier molecular flexibility index (Phi) is 2.92. The molecule has 2 heterocycles. The van der Waals surface area contributed by atoms with Gasteiger partial charge in [-0.05, 0) is 44.9 Å². The number of aromatic nitrogens is 1. The summed E-state index contributed by atoms with van der Waals surface area (Å²) in [5.41, 5.74) is 8.82. The number of hydrogen-bond acceptors (Lipinski definition) is 5. The molecule has 0 saturated heterocycles. The van der Waals surface area contributed by atoms with Crippen LogP contribution in [0.1, 0.15) is 26.3 Å². The number of rotatable bonds is 1. The molecule has 1 aliphatic rings. The highest BCUT2D eigenvalue weighted by Gasteiger charge is 2.29. The summed E-state index contributed by atoms with van der Waals surface area (Å²) in [6.45, 7) is 6.12. The molecule has 0 atom stereocenters. The molecule has 5 nitrogen and oxygen atoms in total. The van der Waals surface area contributed by atoms with Crippen molar-refractivity contribution in [3.63, 3.8) is 0 Å². The van der Waals surface area contributed by atoms with E-state index in [0.29, 0.717) is 17.0 Å². The van der Waals surface area contributed by atoms with Crippen LogP contribution >= 0.6 is 0 Å². The molecule has 0 amide bonds. The fourth-order valence-electron chi connectivity index (χ4n) is 2.75. The summed E-state index contributed by atoms with van der Waals surface area (Å²) >= 11 is 0. The third-order valence-electron chi connectivity index (χ3n) is 3.59. The van der Waals surface area contributed by atoms with Crippen molar-refractivity contribution in [1.82, 2.24) is 4.98 Å². The van der Waals surface area contributed by atoms with Gasteiger partial charge in [-0.25, -0.2) is 8.42 Å². The van der Waals surface area contributed by atoms with Crippen molar-refractivity contribution in [3.8, 4) is 0 Å². The minimum Gasteiger partial charge on any atom is -0.396 e. The van der Waals surface area contributed by atoms with Crippen molar-refractivity contribution >= 4 is 32.1 Å². The van der Waals surface area contributed by atoms with Gasteiger partial charge in [0.25, 0.3) is 0 Å². The fraction of sp³-hybridized carbons (Fsp3) is 0.400. The number of hydrogen-bond donors (Lipinski definition) is 2. The second-order valence-electron chi connectivity index (χ2n) is 6.47. The van der Waals surface area contributed by atoms with Gasteiger partial charge in [-0.15, -0.1) is 0 Å². The van der Waals surface area contributed by atoms with E-state index in [2.05, 4.69) is 10.3 Å². The van der Waals surface area contributed by atoms with Crippen molar-refractivity contribution in [1.29, 1.82) is 0 Å². The quantitative estimate of drug-likeness (QED) is 0.845. The van der Waals surface area contributed by atoms with Crippen LogP contribution in [0.2, 0.25) is 0 Å². The molecule has 112 valence electrons. The van der Waals surface area contributed by atoms with Crippen molar-refractivity contribution in [2.24, 2.45) is 0 Å². The Balaban J connectivity index is 2.37. The summed E-state index contributed by atoms with van der Waals surface area (Å²) in [6.07, 6.45) is 2.13. The van der Waals surface area contributed by atoms with E-state index >= 15 is 0 Å². The maximum atomic E-state index is 12.1. The first-order valence-electron chi connectivity index (χ1n) is 6.90. The second-order valence-corrected chi connectivity index (χ2v) is 8.55. The zero-order valence-electron chi connectivity index (χ0n) is 12.4. The van der Waals surface area contributed by atoms with Crippen molar-refractivity contribution in [3.05, 3.63) is 23.9 Å². The lowest BCUT2D eigenvalue weighted by atomic mass is 10.0. The van der Waals surface area contributed by atoms with Crippen LogP contribution < -0.4 is 11.1 Å². The predicted molar refractivity (Wildman–Crippen MR) is 85.3 cm³/mol. The molecule has 0 spiro atoms. The third kappa shape index (κ3) is 2.33. The molecule has 0 bridgehead atoms. The molecular formula is C15H19N3O2S. The largest absolute Gasteiger partial charge is 0.396 e. The number of fused-ring (bicyclic) bond motifs is 3. The van der Waals surface area contributed by atoms with Gasteiger partial charge in [0.2, 0.25) is 0 Å². The fourth-order valence-corrected chi connectivity index (χ4v) is 4.29. The van der Waals surface area contributed by atoms with Crippen LogP contribution in [0, 0.1) is 0 Å². The first kappa shape index (κ1) is 14.1. The van der Waals surface area contributed by atoms with Crippen molar-refractivity contribution < 1.29 is 8.42 Å². The maximum absolute atomic E-state index is 12.1. The predicted octanol–water partition coefficient (Wildman–Crippen LogP) is 2.36. The van der Waals surface area contributed by atoms with E-state index < -0.39 is 9.84 Å². The highest BCUT2D eigenvalue weighted by atomic mass is 32.2. The van der Waals surface area contributed by atoms with Crippen LogP contribution in [0.5, 0.6) is 0 Å². The highest BCUT2D eigenvalue weighted by molar-refractivity contribution is 7.91. The minimum absolute atomic E-state index is 0.158. The van der Waals surface area contributed by atoms with Gasteiger partial charge in [0.05, 0.1) is 33.7 Å². The van der Waals surface area contributed by atoms with Crippen molar-refractivity contribution in [2.75, 3.05) is 16.8 Å². The Labute approximate surface area is 124 Å². The molecule has 0 aliphatic carbocycles. The lowest BCUT2D eigenvalue weighted by molar-refractivity contribution is 0.600. The molecule has 3 rings (SSSR count). The maximum Gasteiger partial charge on any atom is 0.179 e. The van der Waals surface area contributed by atoms with E-state index in [1.165, 1.54) is 0 Å². The smallest absolute Gasteiger partial charge is 0.179 e. The lowest BCUT2D eigenvalue weighted by Crippen LogP contribution is -2.27. The molecule has 21 heavy (non-hydrogen) atoms. The molecule has 2 aromatic rings. The first-order chi connectivity index (χ1) is 9.69. The van der Waals surface area contributed by atoms with Gasteiger partial charge >= 0.3 is 0 Å². The SMILES string of the molecule is CC(C)(C)Nc1c(N)cnc2ccc3c(c12)CCS3(=O)=O. The zero-order chi connectivity index (χ0) is 15.4. The van der Waals surface area contributed by atoms with Gasteiger partial charge in [-0.1, -0.05) is 0 Å². The van der Waals surface area contributed by atoms with Crippen LogP contribution in [-0.2, 0) is 16.3 Å². The number of sulfone groups is 1. The standard InChI is InChI=1S/C15H19N3O2S/c1-15(2,3)18-14-10(16)8-17-11-4-5-12-9(13(11)14)6-7-21(12,19)20/h4-5,8H,6-7,16H2,1-3H3,(H,17,18). The summed E-state index contributed by atoms with van der Waals surface area (Å²) in [5, 5.41) is 4.23. The number of nitrogens with one attached hydrogen (secondary N) is 1. The highest BCUT2D eigenvalue weighted by Crippen LogP contribution is 2.38. The van der Waals surface area contributed by atoms with Crippen LogP contribution in [-0.4, -0.2) is 24.7 Å². The molecule has 0 radical (unpaired) electrons. The van der Waals surface area contributed by atoms with Crippen molar-refractivity contribution in [2.45, 2.75) is 37.6 Å². The minimum atomic E-state index is -3.17. The Hall–Kier alpha value is -1.82. The number of nitrogen functional groups attached to an aromatic ring is 1. The number of nitrogens with zero attached hydrogens (tertiary/aromatic N) is 1. The number of benzene rings is 1. The average Bonchev–Trinajstić information content (AvgIpc) is 2.67. The Morgan fingerprint density at radius 2 is 2.00 bits per heavy atom. The van der Waals surface area contributed by atoms with E-state index in [0.717, 1.165) is 22.2 Å². The first-order valence-corrected chi connectivity index (χ1v) is 8.55.